The molecule has 0 spiro atoms. The van der Waals surface area contributed by atoms with E-state index in [-0.39, 0.29) is 24.0 Å². The lowest BCUT2D eigenvalue weighted by Crippen LogP contribution is -2.69. The van der Waals surface area contributed by atoms with Crippen molar-refractivity contribution < 1.29 is 28.3 Å². The van der Waals surface area contributed by atoms with Crippen molar-refractivity contribution in [2.45, 2.75) is 63.4 Å². The molecule has 0 bridgehead atoms. The number of hydroxylamine groups is 2. The molecule has 0 radical (unpaired) electrons. The number of hydrogen-bond acceptors (Lipinski definition) is 6. The number of Topliss-reactive ketones (excluding diaryl/α,β-unsaturated/α-hetero) is 1. The molecule has 1 saturated heterocycles. The number of aliphatic hydroxyl groups is 1. The van der Waals surface area contributed by atoms with Crippen LogP contribution in [0.5, 0.6) is 0 Å². The fraction of sp³-hybridized carbons (Fsp3) is 0.630. The van der Waals surface area contributed by atoms with E-state index >= 15 is 4.39 Å². The van der Waals surface area contributed by atoms with Crippen molar-refractivity contribution in [1.29, 1.82) is 0 Å². The molecule has 36 heavy (non-hydrogen) atoms. The Morgan fingerprint density at radius 2 is 2.11 bits per heavy atom. The second-order valence-corrected chi connectivity index (χ2v) is 13.4. The lowest BCUT2D eigenvalue weighted by Gasteiger charge is -2.62. The van der Waals surface area contributed by atoms with Gasteiger partial charge in [-0.25, -0.2) is 8.78 Å². The SMILES string of the molecule is C[C@]12C=CC(=O)C=C1CC[C@H]1[C@@H]3C[C@H]4CN(Cc5ccc(Cl)s5)O[C@@]4(C(=O)CF)[C@@]3(C)C[C@H](O)[C@@]12F. The Hall–Kier alpha value is -1.45. The summed E-state index contributed by atoms with van der Waals surface area (Å²) in [5.41, 5.74) is -4.78. The minimum Gasteiger partial charge on any atom is -0.390 e. The number of fused-ring (bicyclic) bond motifs is 7. The molecule has 3 saturated carbocycles. The lowest BCUT2D eigenvalue weighted by molar-refractivity contribution is -0.267. The average molecular weight is 538 g/mol. The van der Waals surface area contributed by atoms with Crippen molar-refractivity contribution >= 4 is 34.5 Å². The molecule has 6 rings (SSSR count). The Labute approximate surface area is 218 Å². The molecule has 194 valence electrons. The van der Waals surface area contributed by atoms with Crippen molar-refractivity contribution in [3.63, 3.8) is 0 Å². The number of carbonyl (C=O) groups is 2. The van der Waals surface area contributed by atoms with E-state index in [0.717, 1.165) is 4.88 Å². The average Bonchev–Trinajstić information content (AvgIpc) is 3.47. The molecule has 1 aromatic rings. The number of thiophene rings is 1. The molecule has 1 N–H and O–H groups in total. The van der Waals surface area contributed by atoms with E-state index < -0.39 is 46.6 Å². The van der Waals surface area contributed by atoms with Crippen molar-refractivity contribution in [2.75, 3.05) is 13.2 Å². The van der Waals surface area contributed by atoms with E-state index in [1.807, 2.05) is 13.0 Å². The summed E-state index contributed by atoms with van der Waals surface area (Å²) in [4.78, 5) is 32.8. The summed E-state index contributed by atoms with van der Waals surface area (Å²) < 4.78 is 32.1. The molecule has 0 amide bonds. The van der Waals surface area contributed by atoms with Gasteiger partial charge in [0, 0.05) is 34.1 Å². The van der Waals surface area contributed by atoms with Gasteiger partial charge in [0.15, 0.2) is 29.5 Å². The summed E-state index contributed by atoms with van der Waals surface area (Å²) in [5, 5.41) is 13.2. The fourth-order valence-electron chi connectivity index (χ4n) is 8.63. The number of aliphatic hydroxyl groups excluding tert-OH is 1. The summed E-state index contributed by atoms with van der Waals surface area (Å²) >= 11 is 7.50. The van der Waals surface area contributed by atoms with Crippen LogP contribution in [0, 0.1) is 28.6 Å². The standard InChI is InChI=1S/C27H30ClF2NO4S/c1-24-8-7-17(32)9-15(24)3-5-19-20-10-16-13-31(14-18-4-6-23(28)36-18)35-27(16,22(34)12-29)25(20,2)11-21(33)26(19,24)30/h4,6-9,16,19-21,33H,3,5,10-14H2,1-2H3/t16-,19-,20-,21-,24-,25-,26-,27-/m0/s1. The molecule has 2 heterocycles. The van der Waals surface area contributed by atoms with Crippen LogP contribution in [0.1, 0.15) is 44.4 Å². The molecular weight excluding hydrogens is 508 g/mol. The molecular formula is C27H30ClF2NO4S. The van der Waals surface area contributed by atoms with Gasteiger partial charge in [-0.05, 0) is 62.8 Å². The van der Waals surface area contributed by atoms with Crippen molar-refractivity contribution in [1.82, 2.24) is 5.06 Å². The van der Waals surface area contributed by atoms with Gasteiger partial charge >= 0.3 is 0 Å². The normalized spacial score (nSPS) is 45.6. The Morgan fingerprint density at radius 1 is 1.33 bits per heavy atom. The minimum atomic E-state index is -2.00. The second kappa shape index (κ2) is 8.03. The molecule has 1 aliphatic heterocycles. The lowest BCUT2D eigenvalue weighted by atomic mass is 9.44. The third-order valence-electron chi connectivity index (χ3n) is 10.2. The van der Waals surface area contributed by atoms with Crippen LogP contribution in [0.25, 0.3) is 0 Å². The summed E-state index contributed by atoms with van der Waals surface area (Å²) in [6.45, 7) is 3.32. The van der Waals surface area contributed by atoms with Gasteiger partial charge in [0.05, 0.1) is 17.0 Å². The quantitative estimate of drug-likeness (QED) is 0.584. The van der Waals surface area contributed by atoms with Gasteiger partial charge in [-0.1, -0.05) is 30.2 Å². The van der Waals surface area contributed by atoms with Gasteiger partial charge in [0.25, 0.3) is 0 Å². The number of carbonyl (C=O) groups excluding carboxylic acids is 2. The maximum absolute atomic E-state index is 17.3. The molecule has 4 aliphatic carbocycles. The van der Waals surface area contributed by atoms with E-state index in [1.54, 1.807) is 24.1 Å². The highest BCUT2D eigenvalue weighted by molar-refractivity contribution is 7.16. The van der Waals surface area contributed by atoms with E-state index in [2.05, 4.69) is 0 Å². The fourth-order valence-corrected chi connectivity index (χ4v) is 9.72. The summed E-state index contributed by atoms with van der Waals surface area (Å²) in [6, 6.07) is 3.70. The molecule has 8 atom stereocenters. The highest BCUT2D eigenvalue weighted by Gasteiger charge is 2.78. The van der Waals surface area contributed by atoms with Crippen LogP contribution in [0.3, 0.4) is 0 Å². The van der Waals surface area contributed by atoms with Crippen LogP contribution in [0.2, 0.25) is 4.34 Å². The van der Waals surface area contributed by atoms with Crippen molar-refractivity contribution in [3.05, 3.63) is 45.1 Å². The molecule has 9 heteroatoms. The third kappa shape index (κ3) is 2.96. The predicted octanol–water partition coefficient (Wildman–Crippen LogP) is 5.02. The number of alkyl halides is 2. The monoisotopic (exact) mass is 537 g/mol. The van der Waals surface area contributed by atoms with Crippen LogP contribution >= 0.6 is 22.9 Å². The Kier molecular flexibility index (Phi) is 5.54. The first kappa shape index (κ1) is 24.9. The molecule has 0 aromatic carbocycles. The summed E-state index contributed by atoms with van der Waals surface area (Å²) in [7, 11) is 0. The maximum atomic E-state index is 17.3. The zero-order valence-electron chi connectivity index (χ0n) is 20.3. The van der Waals surface area contributed by atoms with Crippen molar-refractivity contribution in [2.24, 2.45) is 28.6 Å². The van der Waals surface area contributed by atoms with Crippen LogP contribution in [-0.4, -0.2) is 52.3 Å². The number of allylic oxidation sites excluding steroid dienone is 4. The first-order valence-corrected chi connectivity index (χ1v) is 13.8. The van der Waals surface area contributed by atoms with E-state index in [1.165, 1.54) is 23.5 Å². The minimum absolute atomic E-state index is 0.0176. The Morgan fingerprint density at radius 3 is 2.81 bits per heavy atom. The molecule has 5 aliphatic rings. The number of halogens is 3. The predicted molar refractivity (Wildman–Crippen MR) is 132 cm³/mol. The number of ketones is 2. The highest BCUT2D eigenvalue weighted by Crippen LogP contribution is 2.72. The molecule has 1 aromatic heterocycles. The van der Waals surface area contributed by atoms with Gasteiger partial charge in [-0.2, -0.15) is 5.06 Å². The van der Waals surface area contributed by atoms with Crippen LogP contribution in [0.15, 0.2) is 35.9 Å². The third-order valence-corrected chi connectivity index (χ3v) is 11.4. The Balaban J connectivity index is 1.39. The number of nitrogens with zero attached hydrogens (tertiary/aromatic N) is 1. The van der Waals surface area contributed by atoms with Crippen molar-refractivity contribution in [3.8, 4) is 0 Å². The van der Waals surface area contributed by atoms with Gasteiger partial charge < -0.3 is 5.11 Å². The van der Waals surface area contributed by atoms with E-state index in [4.69, 9.17) is 16.4 Å². The second-order valence-electron chi connectivity index (χ2n) is 11.6. The van der Waals surface area contributed by atoms with Crippen LogP contribution in [0.4, 0.5) is 8.78 Å². The zero-order valence-corrected chi connectivity index (χ0v) is 21.9. The molecule has 5 nitrogen and oxygen atoms in total. The largest absolute Gasteiger partial charge is 0.390 e. The van der Waals surface area contributed by atoms with Crippen LogP contribution in [-0.2, 0) is 21.0 Å². The smallest absolute Gasteiger partial charge is 0.198 e. The van der Waals surface area contributed by atoms with E-state index in [0.29, 0.717) is 42.3 Å². The topological polar surface area (TPSA) is 66.8 Å². The van der Waals surface area contributed by atoms with Crippen LogP contribution < -0.4 is 0 Å². The highest BCUT2D eigenvalue weighted by atomic mass is 35.5. The van der Waals surface area contributed by atoms with Gasteiger partial charge in [-0.3, -0.25) is 14.4 Å². The first-order valence-electron chi connectivity index (χ1n) is 12.6. The maximum Gasteiger partial charge on any atom is 0.198 e. The van der Waals surface area contributed by atoms with Gasteiger partial charge in [0.2, 0.25) is 0 Å². The molecule has 0 unspecified atom stereocenters. The van der Waals surface area contributed by atoms with E-state index in [9.17, 15) is 19.1 Å². The summed E-state index contributed by atoms with van der Waals surface area (Å²) in [6.07, 6.45) is 4.62. The Bertz CT molecular complexity index is 1200. The zero-order chi connectivity index (χ0) is 25.7. The summed E-state index contributed by atoms with van der Waals surface area (Å²) in [5.74, 6) is -1.92. The number of hydrogen-bond donors (Lipinski definition) is 1. The number of rotatable bonds is 4. The first-order chi connectivity index (χ1) is 17.0. The van der Waals surface area contributed by atoms with Gasteiger partial charge in [-0.15, -0.1) is 11.3 Å². The molecule has 4 fully saturated rings. The van der Waals surface area contributed by atoms with Gasteiger partial charge in [0.1, 0.15) is 0 Å².